The molecule has 0 spiro atoms. The molecule has 0 saturated carbocycles. The highest BCUT2D eigenvalue weighted by molar-refractivity contribution is 5.40. The third-order valence-electron chi connectivity index (χ3n) is 6.44. The molecule has 1 aliphatic carbocycles. The summed E-state index contributed by atoms with van der Waals surface area (Å²) in [7, 11) is 0. The average molecular weight is 374 g/mol. The summed E-state index contributed by atoms with van der Waals surface area (Å²) in [4.78, 5) is 5.07. The van der Waals surface area contributed by atoms with Crippen LogP contribution in [0.25, 0.3) is 0 Å². The van der Waals surface area contributed by atoms with Crippen molar-refractivity contribution in [2.45, 2.75) is 72.3 Å². The summed E-state index contributed by atoms with van der Waals surface area (Å²) in [5, 5.41) is 3.88. The Morgan fingerprint density at radius 2 is 1.52 bits per heavy atom. The van der Waals surface area contributed by atoms with E-state index in [1.165, 1.54) is 57.4 Å². The summed E-state index contributed by atoms with van der Waals surface area (Å²) in [6.45, 7) is 19.5. The molecule has 2 rings (SSSR count). The van der Waals surface area contributed by atoms with Crippen LogP contribution in [0.3, 0.4) is 0 Å². The Kier molecular flexibility index (Phi) is 9.81. The summed E-state index contributed by atoms with van der Waals surface area (Å²) in [5.74, 6) is 0.733. The lowest BCUT2D eigenvalue weighted by molar-refractivity contribution is 0.289. The first kappa shape index (κ1) is 22.4. The first-order valence-electron chi connectivity index (χ1n) is 11.4. The molecule has 0 aromatic heterocycles. The van der Waals surface area contributed by atoms with Crippen molar-refractivity contribution in [1.29, 1.82) is 0 Å². The second-order valence-electron chi connectivity index (χ2n) is 8.12. The first-order chi connectivity index (χ1) is 13.1. The predicted molar refractivity (Wildman–Crippen MR) is 119 cm³/mol. The zero-order valence-electron chi connectivity index (χ0n) is 18.6. The molecular weight excluding hydrogens is 330 g/mol. The fourth-order valence-electron chi connectivity index (χ4n) is 4.59. The van der Waals surface area contributed by atoms with Gasteiger partial charge in [-0.05, 0) is 95.5 Å². The molecule has 0 radical (unpaired) electrons. The Labute approximate surface area is 168 Å². The number of hydrogen-bond acceptors (Lipinski definition) is 3. The summed E-state index contributed by atoms with van der Waals surface area (Å²) in [6.07, 6.45) is 5.16. The SMILES string of the molecule is CCN(CC)CCCNC1CC(CCCN(CC)CC)c2ccc(C)cc21. The molecule has 0 amide bonds. The topological polar surface area (TPSA) is 18.5 Å². The highest BCUT2D eigenvalue weighted by Crippen LogP contribution is 2.43. The standard InChI is InChI=1S/C24H43N3/c1-6-26(7-2)16-10-12-21-19-24(23-18-20(5)13-14-22(21)23)25-15-11-17-27(8-3)9-4/h13-14,18,21,24-25H,6-12,15-17,19H2,1-5H3. The fourth-order valence-corrected chi connectivity index (χ4v) is 4.59. The Balaban J connectivity index is 1.89. The van der Waals surface area contributed by atoms with E-state index in [4.69, 9.17) is 0 Å². The van der Waals surface area contributed by atoms with E-state index in [0.29, 0.717) is 6.04 Å². The third-order valence-corrected chi connectivity index (χ3v) is 6.44. The second-order valence-corrected chi connectivity index (χ2v) is 8.12. The van der Waals surface area contributed by atoms with Gasteiger partial charge in [-0.15, -0.1) is 0 Å². The van der Waals surface area contributed by atoms with Crippen LogP contribution in [0.15, 0.2) is 18.2 Å². The molecule has 1 aromatic rings. The van der Waals surface area contributed by atoms with E-state index in [-0.39, 0.29) is 0 Å². The number of fused-ring (bicyclic) bond motifs is 1. The number of aryl methyl sites for hydroxylation is 1. The van der Waals surface area contributed by atoms with Gasteiger partial charge in [-0.1, -0.05) is 51.5 Å². The predicted octanol–water partition coefficient (Wildman–Crippen LogP) is 4.97. The number of hydrogen-bond donors (Lipinski definition) is 1. The van der Waals surface area contributed by atoms with Gasteiger partial charge in [0.25, 0.3) is 0 Å². The average Bonchev–Trinajstić information content (AvgIpc) is 3.02. The van der Waals surface area contributed by atoms with Gasteiger partial charge in [0, 0.05) is 6.04 Å². The van der Waals surface area contributed by atoms with Crippen molar-refractivity contribution in [2.75, 3.05) is 45.8 Å². The number of benzene rings is 1. The summed E-state index contributed by atoms with van der Waals surface area (Å²) < 4.78 is 0. The van der Waals surface area contributed by atoms with E-state index in [1.54, 1.807) is 11.1 Å². The highest BCUT2D eigenvalue weighted by Gasteiger charge is 2.30. The van der Waals surface area contributed by atoms with Gasteiger partial charge in [-0.2, -0.15) is 0 Å². The van der Waals surface area contributed by atoms with Crippen LogP contribution >= 0.6 is 0 Å². The summed E-state index contributed by atoms with van der Waals surface area (Å²) in [5.41, 5.74) is 4.58. The Hall–Kier alpha value is -0.900. The van der Waals surface area contributed by atoms with E-state index in [2.05, 4.69) is 67.9 Å². The minimum Gasteiger partial charge on any atom is -0.310 e. The fraction of sp³-hybridized carbons (Fsp3) is 0.750. The molecule has 1 N–H and O–H groups in total. The monoisotopic (exact) mass is 373 g/mol. The van der Waals surface area contributed by atoms with Crippen molar-refractivity contribution in [2.24, 2.45) is 0 Å². The molecule has 3 nitrogen and oxygen atoms in total. The van der Waals surface area contributed by atoms with E-state index >= 15 is 0 Å². The van der Waals surface area contributed by atoms with Gasteiger partial charge in [0.15, 0.2) is 0 Å². The van der Waals surface area contributed by atoms with Crippen molar-refractivity contribution in [3.8, 4) is 0 Å². The van der Waals surface area contributed by atoms with Crippen LogP contribution in [0.2, 0.25) is 0 Å². The minimum absolute atomic E-state index is 0.551. The zero-order chi connectivity index (χ0) is 19.6. The maximum atomic E-state index is 3.88. The third kappa shape index (κ3) is 6.58. The van der Waals surface area contributed by atoms with E-state index in [0.717, 1.165) is 25.6 Å². The lowest BCUT2D eigenvalue weighted by Crippen LogP contribution is -2.28. The van der Waals surface area contributed by atoms with E-state index in [9.17, 15) is 0 Å². The highest BCUT2D eigenvalue weighted by atomic mass is 15.1. The van der Waals surface area contributed by atoms with Crippen LogP contribution in [0.1, 0.15) is 82.0 Å². The summed E-state index contributed by atoms with van der Waals surface area (Å²) >= 11 is 0. The van der Waals surface area contributed by atoms with Crippen molar-refractivity contribution in [3.63, 3.8) is 0 Å². The molecule has 0 fully saturated rings. The number of rotatable bonds is 13. The molecule has 0 aliphatic heterocycles. The molecule has 2 unspecified atom stereocenters. The van der Waals surface area contributed by atoms with Gasteiger partial charge in [0.2, 0.25) is 0 Å². The maximum absolute atomic E-state index is 3.88. The number of nitrogens with zero attached hydrogens (tertiary/aromatic N) is 2. The lowest BCUT2D eigenvalue weighted by Gasteiger charge is -2.20. The largest absolute Gasteiger partial charge is 0.310 e. The van der Waals surface area contributed by atoms with Crippen LogP contribution < -0.4 is 5.32 Å². The molecule has 3 heteroatoms. The van der Waals surface area contributed by atoms with Crippen LogP contribution in [0.5, 0.6) is 0 Å². The van der Waals surface area contributed by atoms with Crippen LogP contribution in [0.4, 0.5) is 0 Å². The molecule has 1 aromatic carbocycles. The molecule has 2 atom stereocenters. The normalized spacial score (nSPS) is 19.2. The number of nitrogens with one attached hydrogen (secondary N) is 1. The molecule has 0 bridgehead atoms. The maximum Gasteiger partial charge on any atom is 0.0329 e. The quantitative estimate of drug-likeness (QED) is 0.493. The van der Waals surface area contributed by atoms with Crippen molar-refractivity contribution in [3.05, 3.63) is 34.9 Å². The van der Waals surface area contributed by atoms with Crippen LogP contribution in [0, 0.1) is 6.92 Å². The molecule has 154 valence electrons. The van der Waals surface area contributed by atoms with Crippen molar-refractivity contribution >= 4 is 0 Å². The van der Waals surface area contributed by atoms with Gasteiger partial charge in [-0.25, -0.2) is 0 Å². The van der Waals surface area contributed by atoms with E-state index in [1.807, 2.05) is 0 Å². The van der Waals surface area contributed by atoms with Gasteiger partial charge in [0.05, 0.1) is 0 Å². The van der Waals surface area contributed by atoms with Crippen LogP contribution in [-0.2, 0) is 0 Å². The van der Waals surface area contributed by atoms with Gasteiger partial charge >= 0.3 is 0 Å². The van der Waals surface area contributed by atoms with Crippen molar-refractivity contribution in [1.82, 2.24) is 15.1 Å². The summed E-state index contributed by atoms with van der Waals surface area (Å²) in [6, 6.07) is 7.69. The molecular formula is C24H43N3. The Bertz CT molecular complexity index is 534. The Morgan fingerprint density at radius 1 is 0.889 bits per heavy atom. The van der Waals surface area contributed by atoms with E-state index < -0.39 is 0 Å². The minimum atomic E-state index is 0.551. The Morgan fingerprint density at radius 3 is 2.15 bits per heavy atom. The smallest absolute Gasteiger partial charge is 0.0329 e. The first-order valence-corrected chi connectivity index (χ1v) is 11.4. The van der Waals surface area contributed by atoms with Crippen LogP contribution in [-0.4, -0.2) is 55.6 Å². The van der Waals surface area contributed by atoms with Gasteiger partial charge in [-0.3, -0.25) is 0 Å². The van der Waals surface area contributed by atoms with Gasteiger partial charge in [0.1, 0.15) is 0 Å². The molecule has 0 saturated heterocycles. The van der Waals surface area contributed by atoms with Crippen molar-refractivity contribution < 1.29 is 0 Å². The molecule has 1 aliphatic rings. The second kappa shape index (κ2) is 11.8. The molecule has 27 heavy (non-hydrogen) atoms. The lowest BCUT2D eigenvalue weighted by atomic mass is 9.95. The zero-order valence-corrected chi connectivity index (χ0v) is 18.6. The van der Waals surface area contributed by atoms with Gasteiger partial charge < -0.3 is 15.1 Å². The molecule has 0 heterocycles.